The Hall–Kier alpha value is -1.77. The molecule has 0 N–H and O–H groups in total. The zero-order valence-corrected chi connectivity index (χ0v) is 15.3. The van der Waals surface area contributed by atoms with Gasteiger partial charge in [-0.1, -0.05) is 54.1 Å². The predicted molar refractivity (Wildman–Crippen MR) is 104 cm³/mol. The van der Waals surface area contributed by atoms with Gasteiger partial charge in [0.05, 0.1) is 6.61 Å². The Bertz CT molecular complexity index is 696. The summed E-state index contributed by atoms with van der Waals surface area (Å²) in [5.74, 6) is 1.08. The number of fused-ring (bicyclic) bond motifs is 1. The van der Waals surface area contributed by atoms with Crippen LogP contribution in [0.15, 0.2) is 48.5 Å². The molecule has 1 aliphatic heterocycles. The zero-order chi connectivity index (χ0) is 16.1. The maximum absolute atomic E-state index is 5.76. The second-order valence-corrected chi connectivity index (χ2v) is 6.41. The fourth-order valence-corrected chi connectivity index (χ4v) is 3.00. The van der Waals surface area contributed by atoms with Crippen molar-refractivity contribution in [2.24, 2.45) is 0 Å². The monoisotopic (exact) mass is 343 g/mol. The van der Waals surface area contributed by atoms with E-state index in [1.54, 1.807) is 0 Å². The molecule has 128 valence electrons. The van der Waals surface area contributed by atoms with Gasteiger partial charge in [-0.2, -0.15) is 0 Å². The first-order valence-corrected chi connectivity index (χ1v) is 8.37. The first kappa shape index (κ1) is 18.6. The van der Waals surface area contributed by atoms with E-state index < -0.39 is 0 Å². The number of ether oxygens (including phenoxy) is 1. The number of benzene rings is 2. The van der Waals surface area contributed by atoms with Crippen molar-refractivity contribution in [3.63, 3.8) is 0 Å². The van der Waals surface area contributed by atoms with E-state index in [1.165, 1.54) is 22.3 Å². The summed E-state index contributed by atoms with van der Waals surface area (Å²) in [5.41, 5.74) is 5.23. The Morgan fingerprint density at radius 2 is 2.04 bits per heavy atom. The van der Waals surface area contributed by atoms with Gasteiger partial charge in [0.1, 0.15) is 5.75 Å². The minimum absolute atomic E-state index is 0. The minimum atomic E-state index is 0. The third kappa shape index (κ3) is 5.12. The number of hydrogen-bond acceptors (Lipinski definition) is 2. The van der Waals surface area contributed by atoms with Crippen LogP contribution in [0.1, 0.15) is 28.7 Å². The largest absolute Gasteiger partial charge is 0.493 e. The molecule has 0 aliphatic carbocycles. The highest BCUT2D eigenvalue weighted by molar-refractivity contribution is 5.85. The van der Waals surface area contributed by atoms with E-state index in [-0.39, 0.29) is 12.4 Å². The molecular formula is C21H26ClNO. The molecule has 2 aromatic carbocycles. The highest BCUT2D eigenvalue weighted by atomic mass is 35.5. The molecule has 0 spiro atoms. The highest BCUT2D eigenvalue weighted by Crippen LogP contribution is 2.26. The van der Waals surface area contributed by atoms with Crippen LogP contribution < -0.4 is 4.74 Å². The van der Waals surface area contributed by atoms with Crippen molar-refractivity contribution in [1.29, 1.82) is 0 Å². The van der Waals surface area contributed by atoms with Crippen LogP contribution in [-0.4, -0.2) is 25.1 Å². The molecule has 2 nitrogen and oxygen atoms in total. The lowest BCUT2D eigenvalue weighted by Crippen LogP contribution is -2.18. The quantitative estimate of drug-likeness (QED) is 0.766. The summed E-state index contributed by atoms with van der Waals surface area (Å²) in [7, 11) is 2.15. The summed E-state index contributed by atoms with van der Waals surface area (Å²) in [6.45, 7) is 4.85. The molecule has 2 aromatic rings. The van der Waals surface area contributed by atoms with Gasteiger partial charge < -0.3 is 4.74 Å². The van der Waals surface area contributed by atoms with Gasteiger partial charge in [-0.3, -0.25) is 4.90 Å². The Morgan fingerprint density at radius 3 is 2.88 bits per heavy atom. The SMILES string of the molecule is Cc1cccc(/C=C/CN(C)Cc2ccc3c(c2)OCCC3)c1.Cl. The summed E-state index contributed by atoms with van der Waals surface area (Å²) in [5, 5.41) is 0. The van der Waals surface area contributed by atoms with Gasteiger partial charge in [-0.15, -0.1) is 12.4 Å². The fourth-order valence-electron chi connectivity index (χ4n) is 3.00. The maximum atomic E-state index is 5.76. The number of hydrogen-bond donors (Lipinski definition) is 0. The molecule has 0 atom stereocenters. The average molecular weight is 344 g/mol. The molecule has 3 rings (SSSR count). The van der Waals surface area contributed by atoms with Gasteiger partial charge in [-0.05, 0) is 49.6 Å². The van der Waals surface area contributed by atoms with Crippen molar-refractivity contribution in [3.05, 3.63) is 70.8 Å². The molecule has 24 heavy (non-hydrogen) atoms. The van der Waals surface area contributed by atoms with Crippen LogP contribution in [0.5, 0.6) is 5.75 Å². The first-order chi connectivity index (χ1) is 11.2. The van der Waals surface area contributed by atoms with Gasteiger partial charge in [0.2, 0.25) is 0 Å². The topological polar surface area (TPSA) is 12.5 Å². The maximum Gasteiger partial charge on any atom is 0.122 e. The van der Waals surface area contributed by atoms with E-state index in [0.29, 0.717) is 0 Å². The predicted octanol–water partition coefficient (Wildman–Crippen LogP) is 4.89. The second kappa shape index (κ2) is 8.91. The lowest BCUT2D eigenvalue weighted by atomic mass is 10.0. The van der Waals surface area contributed by atoms with Crippen molar-refractivity contribution in [1.82, 2.24) is 4.90 Å². The summed E-state index contributed by atoms with van der Waals surface area (Å²) in [6.07, 6.45) is 6.70. The van der Waals surface area contributed by atoms with Crippen LogP contribution in [0.25, 0.3) is 6.08 Å². The molecule has 0 saturated carbocycles. The van der Waals surface area contributed by atoms with Crippen LogP contribution >= 0.6 is 12.4 Å². The molecule has 0 fully saturated rings. The van der Waals surface area contributed by atoms with E-state index >= 15 is 0 Å². The van der Waals surface area contributed by atoms with Gasteiger partial charge >= 0.3 is 0 Å². The first-order valence-electron chi connectivity index (χ1n) is 8.37. The van der Waals surface area contributed by atoms with Gasteiger partial charge in [0, 0.05) is 13.1 Å². The fraction of sp³-hybridized carbons (Fsp3) is 0.333. The average Bonchev–Trinajstić information content (AvgIpc) is 2.55. The zero-order valence-electron chi connectivity index (χ0n) is 14.5. The van der Waals surface area contributed by atoms with Crippen molar-refractivity contribution in [2.45, 2.75) is 26.3 Å². The molecule has 0 saturated heterocycles. The second-order valence-electron chi connectivity index (χ2n) is 6.41. The molecule has 0 aromatic heterocycles. The van der Waals surface area contributed by atoms with Crippen LogP contribution in [0.4, 0.5) is 0 Å². The van der Waals surface area contributed by atoms with E-state index in [2.05, 4.69) is 73.5 Å². The molecule has 0 bridgehead atoms. The summed E-state index contributed by atoms with van der Waals surface area (Å²) in [4.78, 5) is 2.32. The number of aryl methyl sites for hydroxylation is 2. The van der Waals surface area contributed by atoms with Crippen LogP contribution in [0.2, 0.25) is 0 Å². The van der Waals surface area contributed by atoms with Crippen LogP contribution in [0, 0.1) is 6.92 Å². The van der Waals surface area contributed by atoms with Gasteiger partial charge in [0.25, 0.3) is 0 Å². The van der Waals surface area contributed by atoms with Crippen molar-refractivity contribution >= 4 is 18.5 Å². The Morgan fingerprint density at radius 1 is 1.17 bits per heavy atom. The lowest BCUT2D eigenvalue weighted by molar-refractivity contribution is 0.287. The Labute approximate surface area is 151 Å². The summed E-state index contributed by atoms with van der Waals surface area (Å²) >= 11 is 0. The molecule has 3 heteroatoms. The normalized spacial score (nSPS) is 13.5. The summed E-state index contributed by atoms with van der Waals surface area (Å²) in [6, 6.07) is 15.2. The molecule has 1 heterocycles. The highest BCUT2D eigenvalue weighted by Gasteiger charge is 2.10. The standard InChI is InChI=1S/C21H25NO.ClH/c1-17-6-3-7-18(14-17)8-4-12-22(2)16-19-10-11-20-9-5-13-23-21(20)15-19;/h3-4,6-8,10-11,14-15H,5,9,12-13,16H2,1-2H3;1H/b8-4+;. The lowest BCUT2D eigenvalue weighted by Gasteiger charge is -2.20. The minimum Gasteiger partial charge on any atom is -0.493 e. The number of nitrogens with zero attached hydrogens (tertiary/aromatic N) is 1. The third-order valence-corrected chi connectivity index (χ3v) is 4.20. The van der Waals surface area contributed by atoms with Crippen molar-refractivity contribution in [3.8, 4) is 5.75 Å². The summed E-state index contributed by atoms with van der Waals surface area (Å²) < 4.78 is 5.76. The van der Waals surface area contributed by atoms with Crippen LogP contribution in [0.3, 0.4) is 0 Å². The van der Waals surface area contributed by atoms with Crippen molar-refractivity contribution < 1.29 is 4.74 Å². The number of likely N-dealkylation sites (N-methyl/N-ethyl adjacent to an activating group) is 1. The smallest absolute Gasteiger partial charge is 0.122 e. The van der Waals surface area contributed by atoms with E-state index in [9.17, 15) is 0 Å². The van der Waals surface area contributed by atoms with E-state index in [4.69, 9.17) is 4.74 Å². The molecular weight excluding hydrogens is 318 g/mol. The molecule has 0 radical (unpaired) electrons. The molecule has 0 unspecified atom stereocenters. The van der Waals surface area contributed by atoms with Crippen molar-refractivity contribution in [2.75, 3.05) is 20.2 Å². The Balaban J connectivity index is 0.00000208. The van der Waals surface area contributed by atoms with Crippen LogP contribution in [-0.2, 0) is 13.0 Å². The van der Waals surface area contributed by atoms with Gasteiger partial charge in [-0.25, -0.2) is 0 Å². The molecule has 0 amide bonds. The molecule has 1 aliphatic rings. The Kier molecular flexibility index (Phi) is 6.89. The number of halogens is 1. The van der Waals surface area contributed by atoms with Gasteiger partial charge in [0.15, 0.2) is 0 Å². The van der Waals surface area contributed by atoms with E-state index in [0.717, 1.165) is 38.3 Å². The number of rotatable bonds is 5. The third-order valence-electron chi connectivity index (χ3n) is 4.20. The van der Waals surface area contributed by atoms with E-state index in [1.807, 2.05) is 0 Å².